The van der Waals surface area contributed by atoms with Gasteiger partial charge in [0.1, 0.15) is 5.75 Å². The fraction of sp³-hybridized carbons (Fsp3) is 0.286. The van der Waals surface area contributed by atoms with Gasteiger partial charge in [0.15, 0.2) is 0 Å². The smallest absolute Gasteiger partial charge is 0.338 e. The van der Waals surface area contributed by atoms with Gasteiger partial charge in [-0.15, -0.1) is 0 Å². The lowest BCUT2D eigenvalue weighted by Crippen LogP contribution is -2.08. The minimum absolute atomic E-state index is 0.120. The second-order valence-electron chi connectivity index (χ2n) is 3.65. The van der Waals surface area contributed by atoms with Crippen molar-refractivity contribution in [3.05, 3.63) is 34.3 Å². The SMILES string of the molecule is CCOC(=O)/C=C(\C(=O)OC)c1ccc(OC)c(Br)c1. The van der Waals surface area contributed by atoms with Gasteiger partial charge < -0.3 is 14.2 Å². The maximum atomic E-state index is 11.8. The summed E-state index contributed by atoms with van der Waals surface area (Å²) >= 11 is 3.32. The zero-order valence-corrected chi connectivity index (χ0v) is 13.0. The number of halogens is 1. The van der Waals surface area contributed by atoms with Gasteiger partial charge in [0.2, 0.25) is 0 Å². The van der Waals surface area contributed by atoms with Crippen LogP contribution in [-0.2, 0) is 19.1 Å². The summed E-state index contributed by atoms with van der Waals surface area (Å²) in [5.74, 6) is -0.593. The largest absolute Gasteiger partial charge is 0.496 e. The van der Waals surface area contributed by atoms with E-state index in [2.05, 4.69) is 20.7 Å². The maximum Gasteiger partial charge on any atom is 0.338 e. The van der Waals surface area contributed by atoms with Crippen LogP contribution < -0.4 is 4.74 Å². The predicted octanol–water partition coefficient (Wildman–Crippen LogP) is 2.58. The van der Waals surface area contributed by atoms with Crippen molar-refractivity contribution in [3.8, 4) is 5.75 Å². The third kappa shape index (κ3) is 4.09. The van der Waals surface area contributed by atoms with Gasteiger partial charge >= 0.3 is 11.9 Å². The van der Waals surface area contributed by atoms with E-state index in [0.717, 1.165) is 6.08 Å². The molecule has 0 fully saturated rings. The van der Waals surface area contributed by atoms with Gasteiger partial charge in [-0.3, -0.25) is 0 Å². The zero-order chi connectivity index (χ0) is 15.1. The second kappa shape index (κ2) is 7.69. The number of carbonyl (C=O) groups excluding carboxylic acids is 2. The Morgan fingerprint density at radius 1 is 1.30 bits per heavy atom. The lowest BCUT2D eigenvalue weighted by atomic mass is 10.1. The van der Waals surface area contributed by atoms with E-state index < -0.39 is 11.9 Å². The Hall–Kier alpha value is -1.82. The van der Waals surface area contributed by atoms with Crippen molar-refractivity contribution < 1.29 is 23.8 Å². The van der Waals surface area contributed by atoms with Crippen LogP contribution in [0.25, 0.3) is 5.57 Å². The molecular formula is C14H15BrO5. The molecule has 6 heteroatoms. The summed E-state index contributed by atoms with van der Waals surface area (Å²) in [5, 5.41) is 0. The highest BCUT2D eigenvalue weighted by Crippen LogP contribution is 2.29. The second-order valence-corrected chi connectivity index (χ2v) is 4.51. The van der Waals surface area contributed by atoms with Gasteiger partial charge in [0.25, 0.3) is 0 Å². The molecule has 0 unspecified atom stereocenters. The molecule has 0 bridgehead atoms. The van der Waals surface area contributed by atoms with Gasteiger partial charge in [0.05, 0.1) is 30.9 Å². The first-order valence-corrected chi connectivity index (χ1v) is 6.63. The molecule has 0 amide bonds. The molecule has 0 radical (unpaired) electrons. The minimum atomic E-state index is -0.616. The van der Waals surface area contributed by atoms with E-state index in [9.17, 15) is 9.59 Å². The quantitative estimate of drug-likeness (QED) is 0.607. The van der Waals surface area contributed by atoms with Crippen LogP contribution in [-0.4, -0.2) is 32.8 Å². The summed E-state index contributed by atoms with van der Waals surface area (Å²) in [5.41, 5.74) is 0.645. The summed E-state index contributed by atoms with van der Waals surface area (Å²) < 4.78 is 15.3. The molecule has 1 aromatic carbocycles. The molecule has 0 spiro atoms. The summed E-state index contributed by atoms with van der Waals surface area (Å²) in [6.07, 6.45) is 1.11. The lowest BCUT2D eigenvalue weighted by molar-refractivity contribution is -0.138. The van der Waals surface area contributed by atoms with E-state index in [1.54, 1.807) is 25.1 Å². The number of ether oxygens (including phenoxy) is 3. The van der Waals surface area contributed by atoms with Crippen LogP contribution in [0.15, 0.2) is 28.7 Å². The van der Waals surface area contributed by atoms with Crippen LogP contribution in [0, 0.1) is 0 Å². The third-order valence-electron chi connectivity index (χ3n) is 2.42. The average Bonchev–Trinajstić information content (AvgIpc) is 2.44. The first kappa shape index (κ1) is 16.2. The first-order valence-electron chi connectivity index (χ1n) is 5.84. The van der Waals surface area contributed by atoms with Crippen molar-refractivity contribution in [2.75, 3.05) is 20.8 Å². The third-order valence-corrected chi connectivity index (χ3v) is 3.04. The summed E-state index contributed by atoms with van der Waals surface area (Å²) in [6, 6.07) is 5.01. The number of benzene rings is 1. The molecular weight excluding hydrogens is 328 g/mol. The van der Waals surface area contributed by atoms with Crippen molar-refractivity contribution in [1.82, 2.24) is 0 Å². The predicted molar refractivity (Wildman–Crippen MR) is 77.3 cm³/mol. The Balaban J connectivity index is 3.21. The Morgan fingerprint density at radius 2 is 2.00 bits per heavy atom. The number of rotatable bonds is 5. The molecule has 20 heavy (non-hydrogen) atoms. The van der Waals surface area contributed by atoms with E-state index in [1.165, 1.54) is 14.2 Å². The highest BCUT2D eigenvalue weighted by Gasteiger charge is 2.16. The van der Waals surface area contributed by atoms with E-state index >= 15 is 0 Å². The van der Waals surface area contributed by atoms with E-state index in [1.807, 2.05) is 0 Å². The fourth-order valence-electron chi connectivity index (χ4n) is 1.51. The molecule has 0 saturated carbocycles. The molecule has 0 aromatic heterocycles. The Morgan fingerprint density at radius 3 is 2.50 bits per heavy atom. The highest BCUT2D eigenvalue weighted by atomic mass is 79.9. The number of hydrogen-bond donors (Lipinski definition) is 0. The van der Waals surface area contributed by atoms with Crippen LogP contribution in [0.1, 0.15) is 12.5 Å². The van der Waals surface area contributed by atoms with Crippen molar-refractivity contribution in [1.29, 1.82) is 0 Å². The van der Waals surface area contributed by atoms with E-state index in [0.29, 0.717) is 15.8 Å². The highest BCUT2D eigenvalue weighted by molar-refractivity contribution is 9.10. The average molecular weight is 343 g/mol. The number of methoxy groups -OCH3 is 2. The molecule has 0 aliphatic rings. The molecule has 0 atom stereocenters. The Labute approximate surface area is 125 Å². The standard InChI is InChI=1S/C14H15BrO5/c1-4-20-13(16)8-10(14(17)19-3)9-5-6-12(18-2)11(15)7-9/h5-8H,4H2,1-3H3/b10-8-. The molecule has 0 saturated heterocycles. The van der Waals surface area contributed by atoms with Gasteiger partial charge in [-0.2, -0.15) is 0 Å². The molecule has 5 nitrogen and oxygen atoms in total. The molecule has 0 aliphatic heterocycles. The molecule has 1 rings (SSSR count). The first-order chi connectivity index (χ1) is 9.53. The van der Waals surface area contributed by atoms with Gasteiger partial charge in [-0.1, -0.05) is 6.07 Å². The summed E-state index contributed by atoms with van der Waals surface area (Å²) in [7, 11) is 2.79. The van der Waals surface area contributed by atoms with Gasteiger partial charge in [-0.05, 0) is 40.5 Å². The van der Waals surface area contributed by atoms with Crippen molar-refractivity contribution >= 4 is 33.4 Å². The normalized spacial score (nSPS) is 10.9. The molecule has 108 valence electrons. The summed E-state index contributed by atoms with van der Waals surface area (Å²) in [6.45, 7) is 1.92. The molecule has 1 aromatic rings. The number of carbonyl (C=O) groups is 2. The van der Waals surface area contributed by atoms with Crippen molar-refractivity contribution in [2.45, 2.75) is 6.92 Å². The Bertz CT molecular complexity index is 536. The monoisotopic (exact) mass is 342 g/mol. The molecule has 0 heterocycles. The van der Waals surface area contributed by atoms with Gasteiger partial charge in [-0.25, -0.2) is 9.59 Å². The molecule has 0 aliphatic carbocycles. The number of esters is 2. The fourth-order valence-corrected chi connectivity index (χ4v) is 2.05. The van der Waals surface area contributed by atoms with E-state index in [-0.39, 0.29) is 12.2 Å². The van der Waals surface area contributed by atoms with E-state index in [4.69, 9.17) is 9.47 Å². The maximum absolute atomic E-state index is 11.8. The summed E-state index contributed by atoms with van der Waals surface area (Å²) in [4.78, 5) is 23.3. The van der Waals surface area contributed by atoms with Crippen LogP contribution >= 0.6 is 15.9 Å². The Kier molecular flexibility index (Phi) is 6.24. The van der Waals surface area contributed by atoms with Crippen molar-refractivity contribution in [3.63, 3.8) is 0 Å². The zero-order valence-electron chi connectivity index (χ0n) is 11.4. The number of hydrogen-bond acceptors (Lipinski definition) is 5. The topological polar surface area (TPSA) is 61.8 Å². The molecule has 0 N–H and O–H groups in total. The van der Waals surface area contributed by atoms with Gasteiger partial charge in [0, 0.05) is 6.08 Å². The lowest BCUT2D eigenvalue weighted by Gasteiger charge is -2.09. The van der Waals surface area contributed by atoms with Crippen LogP contribution in [0.5, 0.6) is 5.75 Å². The van der Waals surface area contributed by atoms with Crippen LogP contribution in [0.3, 0.4) is 0 Å². The van der Waals surface area contributed by atoms with Crippen LogP contribution in [0.2, 0.25) is 0 Å². The minimum Gasteiger partial charge on any atom is -0.496 e. The van der Waals surface area contributed by atoms with Crippen molar-refractivity contribution in [2.24, 2.45) is 0 Å². The van der Waals surface area contributed by atoms with Crippen LogP contribution in [0.4, 0.5) is 0 Å².